The minimum atomic E-state index is -4.08. The molecule has 1 atom stereocenters. The summed E-state index contributed by atoms with van der Waals surface area (Å²) in [6.45, 7) is 2.04. The van der Waals surface area contributed by atoms with Gasteiger partial charge in [0.05, 0.1) is 6.42 Å². The lowest BCUT2D eigenvalue weighted by Crippen LogP contribution is -2.30. The van der Waals surface area contributed by atoms with Gasteiger partial charge in [-0.15, -0.1) is 0 Å². The van der Waals surface area contributed by atoms with Gasteiger partial charge in [0.2, 0.25) is 0 Å². The average molecular weight is 223 g/mol. The summed E-state index contributed by atoms with van der Waals surface area (Å²) in [4.78, 5) is 0. The van der Waals surface area contributed by atoms with Crippen molar-refractivity contribution >= 4 is 11.3 Å². The molecule has 0 aliphatic rings. The first-order chi connectivity index (χ1) is 6.47. The van der Waals surface area contributed by atoms with Crippen molar-refractivity contribution in [3.8, 4) is 0 Å². The lowest BCUT2D eigenvalue weighted by molar-refractivity contribution is -0.139. The number of thiophene rings is 1. The summed E-state index contributed by atoms with van der Waals surface area (Å²) in [5.74, 6) is 0. The third-order valence-corrected chi connectivity index (χ3v) is 2.50. The molecular weight excluding hydrogens is 211 g/mol. The summed E-state index contributed by atoms with van der Waals surface area (Å²) in [6.07, 6.45) is -4.86. The van der Waals surface area contributed by atoms with E-state index in [1.54, 1.807) is 18.3 Å². The van der Waals surface area contributed by atoms with Crippen LogP contribution in [0.15, 0.2) is 16.8 Å². The highest BCUT2D eigenvalue weighted by atomic mass is 32.1. The van der Waals surface area contributed by atoms with Crippen LogP contribution in [-0.2, 0) is 6.54 Å². The van der Waals surface area contributed by atoms with Crippen LogP contribution in [0.25, 0.3) is 0 Å². The Morgan fingerprint density at radius 3 is 2.71 bits per heavy atom. The quantitative estimate of drug-likeness (QED) is 0.826. The van der Waals surface area contributed by atoms with Crippen molar-refractivity contribution < 1.29 is 13.2 Å². The van der Waals surface area contributed by atoms with Gasteiger partial charge < -0.3 is 5.32 Å². The van der Waals surface area contributed by atoms with E-state index in [9.17, 15) is 13.2 Å². The molecule has 0 saturated heterocycles. The second-order valence-corrected chi connectivity index (χ2v) is 4.01. The van der Waals surface area contributed by atoms with Crippen molar-refractivity contribution in [2.24, 2.45) is 0 Å². The standard InChI is InChI=1S/C9H12F3NS/c1-7(4-9(10,11)12)13-5-8-2-3-14-6-8/h2-3,6-7,13H,4-5H2,1H3. The number of rotatable bonds is 4. The molecule has 0 aliphatic heterocycles. The Kier molecular flexibility index (Phi) is 3.95. The van der Waals surface area contributed by atoms with E-state index in [0.717, 1.165) is 5.56 Å². The van der Waals surface area contributed by atoms with Crippen molar-refractivity contribution in [1.82, 2.24) is 5.32 Å². The second kappa shape index (κ2) is 4.79. The largest absolute Gasteiger partial charge is 0.390 e. The molecular formula is C9H12F3NS. The Hall–Kier alpha value is -0.550. The molecule has 0 radical (unpaired) electrons. The van der Waals surface area contributed by atoms with E-state index in [-0.39, 0.29) is 0 Å². The Morgan fingerprint density at radius 2 is 2.21 bits per heavy atom. The molecule has 1 aromatic heterocycles. The van der Waals surface area contributed by atoms with Gasteiger partial charge in [-0.2, -0.15) is 24.5 Å². The third kappa shape index (κ3) is 4.62. The van der Waals surface area contributed by atoms with Crippen LogP contribution in [0.4, 0.5) is 13.2 Å². The molecule has 1 nitrogen and oxygen atoms in total. The van der Waals surface area contributed by atoms with E-state index < -0.39 is 18.6 Å². The van der Waals surface area contributed by atoms with Crippen LogP contribution < -0.4 is 5.32 Å². The highest BCUT2D eigenvalue weighted by molar-refractivity contribution is 7.07. The summed E-state index contributed by atoms with van der Waals surface area (Å²) in [5, 5.41) is 6.66. The lowest BCUT2D eigenvalue weighted by Gasteiger charge is -2.15. The van der Waals surface area contributed by atoms with Crippen LogP contribution >= 0.6 is 11.3 Å². The molecule has 0 bridgehead atoms. The first-order valence-corrected chi connectivity index (χ1v) is 5.23. The number of hydrogen-bond donors (Lipinski definition) is 1. The normalized spacial score (nSPS) is 14.3. The van der Waals surface area contributed by atoms with Crippen molar-refractivity contribution in [2.75, 3.05) is 0 Å². The fourth-order valence-corrected chi connectivity index (χ4v) is 1.77. The zero-order valence-electron chi connectivity index (χ0n) is 7.77. The van der Waals surface area contributed by atoms with Crippen LogP contribution in [0.3, 0.4) is 0 Å². The molecule has 0 saturated carbocycles. The molecule has 1 heterocycles. The average Bonchev–Trinajstić information content (AvgIpc) is 2.49. The van der Waals surface area contributed by atoms with Gasteiger partial charge in [-0.3, -0.25) is 0 Å². The molecule has 80 valence electrons. The zero-order chi connectivity index (χ0) is 10.6. The summed E-state index contributed by atoms with van der Waals surface area (Å²) in [7, 11) is 0. The van der Waals surface area contributed by atoms with Gasteiger partial charge >= 0.3 is 6.18 Å². The predicted molar refractivity (Wildman–Crippen MR) is 51.3 cm³/mol. The van der Waals surface area contributed by atoms with E-state index in [1.807, 2.05) is 16.8 Å². The van der Waals surface area contributed by atoms with Crippen LogP contribution in [-0.4, -0.2) is 12.2 Å². The molecule has 0 fully saturated rings. The minimum absolute atomic E-state index is 0.501. The van der Waals surface area contributed by atoms with Gasteiger partial charge in [-0.1, -0.05) is 0 Å². The molecule has 0 spiro atoms. The smallest absolute Gasteiger partial charge is 0.310 e. The molecule has 1 rings (SSSR count). The lowest BCUT2D eigenvalue weighted by atomic mass is 10.2. The highest BCUT2D eigenvalue weighted by Gasteiger charge is 2.29. The summed E-state index contributed by atoms with van der Waals surface area (Å²) < 4.78 is 35.8. The van der Waals surface area contributed by atoms with E-state index in [0.29, 0.717) is 6.54 Å². The Labute approximate surface area is 84.9 Å². The maximum Gasteiger partial charge on any atom is 0.390 e. The topological polar surface area (TPSA) is 12.0 Å². The minimum Gasteiger partial charge on any atom is -0.310 e. The number of alkyl halides is 3. The molecule has 1 N–H and O–H groups in total. The van der Waals surface area contributed by atoms with Gasteiger partial charge in [0.1, 0.15) is 0 Å². The van der Waals surface area contributed by atoms with Crippen molar-refractivity contribution in [1.29, 1.82) is 0 Å². The zero-order valence-corrected chi connectivity index (χ0v) is 8.58. The summed E-state index contributed by atoms with van der Waals surface area (Å²) >= 11 is 1.54. The fourth-order valence-electron chi connectivity index (χ4n) is 1.10. The SMILES string of the molecule is CC(CC(F)(F)F)NCc1ccsc1. The highest BCUT2D eigenvalue weighted by Crippen LogP contribution is 2.21. The van der Waals surface area contributed by atoms with Gasteiger partial charge in [0.25, 0.3) is 0 Å². The molecule has 0 aliphatic carbocycles. The van der Waals surface area contributed by atoms with E-state index in [4.69, 9.17) is 0 Å². The van der Waals surface area contributed by atoms with Crippen LogP contribution in [0.2, 0.25) is 0 Å². The Morgan fingerprint density at radius 1 is 1.50 bits per heavy atom. The number of halogens is 3. The van der Waals surface area contributed by atoms with Crippen molar-refractivity contribution in [2.45, 2.75) is 32.1 Å². The second-order valence-electron chi connectivity index (χ2n) is 3.23. The molecule has 1 unspecified atom stereocenters. The number of nitrogens with one attached hydrogen (secondary N) is 1. The van der Waals surface area contributed by atoms with E-state index >= 15 is 0 Å². The van der Waals surface area contributed by atoms with Gasteiger partial charge in [0, 0.05) is 12.6 Å². The van der Waals surface area contributed by atoms with Crippen LogP contribution in [0.1, 0.15) is 18.9 Å². The predicted octanol–water partition coefficient (Wildman–Crippen LogP) is 3.18. The molecule has 5 heteroatoms. The van der Waals surface area contributed by atoms with E-state index in [2.05, 4.69) is 5.32 Å². The van der Waals surface area contributed by atoms with Crippen LogP contribution in [0.5, 0.6) is 0 Å². The first-order valence-electron chi connectivity index (χ1n) is 4.28. The van der Waals surface area contributed by atoms with Gasteiger partial charge in [-0.05, 0) is 29.3 Å². The maximum atomic E-state index is 11.9. The summed E-state index contributed by atoms with van der Waals surface area (Å²) in [5.41, 5.74) is 1.03. The molecule has 14 heavy (non-hydrogen) atoms. The van der Waals surface area contributed by atoms with Crippen molar-refractivity contribution in [3.63, 3.8) is 0 Å². The Balaban J connectivity index is 2.25. The molecule has 0 aromatic carbocycles. The molecule has 1 aromatic rings. The van der Waals surface area contributed by atoms with Crippen LogP contribution in [0, 0.1) is 0 Å². The van der Waals surface area contributed by atoms with Gasteiger partial charge in [0.15, 0.2) is 0 Å². The third-order valence-electron chi connectivity index (χ3n) is 1.77. The molecule has 0 amide bonds. The Bertz CT molecular complexity index is 256. The summed E-state index contributed by atoms with van der Waals surface area (Å²) in [6, 6.07) is 1.37. The first kappa shape index (κ1) is 11.5. The van der Waals surface area contributed by atoms with Crippen molar-refractivity contribution in [3.05, 3.63) is 22.4 Å². The van der Waals surface area contributed by atoms with Gasteiger partial charge in [-0.25, -0.2) is 0 Å². The number of hydrogen-bond acceptors (Lipinski definition) is 2. The monoisotopic (exact) mass is 223 g/mol. The maximum absolute atomic E-state index is 11.9. The fraction of sp³-hybridized carbons (Fsp3) is 0.556. The van der Waals surface area contributed by atoms with E-state index in [1.165, 1.54) is 0 Å².